The smallest absolute Gasteiger partial charge is 0.341 e. The van der Waals surface area contributed by atoms with Gasteiger partial charge in [0, 0.05) is 5.02 Å². The first-order valence-corrected chi connectivity index (χ1v) is 8.96. The van der Waals surface area contributed by atoms with Gasteiger partial charge in [-0.3, -0.25) is 4.79 Å². The molecule has 0 aromatic heterocycles. The Morgan fingerprint density at radius 1 is 1.30 bits per heavy atom. The number of hydrogen-bond acceptors (Lipinski definition) is 4. The zero-order chi connectivity index (χ0) is 19.4. The van der Waals surface area contributed by atoms with Crippen molar-refractivity contribution in [3.8, 4) is 11.5 Å². The molecule has 2 unspecified atom stereocenters. The van der Waals surface area contributed by atoms with E-state index in [4.69, 9.17) is 26.2 Å². The summed E-state index contributed by atoms with van der Waals surface area (Å²) in [4.78, 5) is 23.1. The van der Waals surface area contributed by atoms with E-state index in [2.05, 4.69) is 5.32 Å². The highest BCUT2D eigenvalue weighted by Gasteiger charge is 2.27. The summed E-state index contributed by atoms with van der Waals surface area (Å²) in [6.45, 7) is 1.83. The number of aliphatic carboxylic acids is 1. The van der Waals surface area contributed by atoms with Crippen LogP contribution in [0.4, 0.5) is 0 Å². The third kappa shape index (κ3) is 4.92. The first kappa shape index (κ1) is 19.0. The van der Waals surface area contributed by atoms with Gasteiger partial charge in [0.05, 0.1) is 12.0 Å². The molecule has 0 bridgehead atoms. The van der Waals surface area contributed by atoms with E-state index >= 15 is 0 Å². The van der Waals surface area contributed by atoms with Gasteiger partial charge >= 0.3 is 5.97 Å². The Morgan fingerprint density at radius 3 is 2.74 bits per heavy atom. The van der Waals surface area contributed by atoms with Gasteiger partial charge in [-0.05, 0) is 54.8 Å². The molecule has 0 saturated carbocycles. The number of fused-ring (bicyclic) bond motifs is 1. The van der Waals surface area contributed by atoms with Gasteiger partial charge in [0.1, 0.15) is 18.1 Å². The number of hydrogen-bond donors (Lipinski definition) is 2. The summed E-state index contributed by atoms with van der Waals surface area (Å²) in [6, 6.07) is 12.2. The van der Waals surface area contributed by atoms with Gasteiger partial charge in [-0.15, -0.1) is 0 Å². The summed E-state index contributed by atoms with van der Waals surface area (Å²) < 4.78 is 10.8. The van der Waals surface area contributed by atoms with Crippen LogP contribution in [0.3, 0.4) is 0 Å². The Morgan fingerprint density at radius 2 is 2.04 bits per heavy atom. The number of ether oxygens (including phenoxy) is 2. The van der Waals surface area contributed by atoms with Gasteiger partial charge < -0.3 is 19.9 Å². The molecule has 2 aromatic carbocycles. The van der Waals surface area contributed by atoms with Gasteiger partial charge in [-0.2, -0.15) is 0 Å². The molecule has 0 aliphatic carbocycles. The molecule has 6 nitrogen and oxygen atoms in total. The predicted octanol–water partition coefficient (Wildman–Crippen LogP) is 3.23. The van der Waals surface area contributed by atoms with Crippen molar-refractivity contribution < 1.29 is 24.2 Å². The molecule has 0 spiro atoms. The Bertz CT molecular complexity index is 837. The van der Waals surface area contributed by atoms with Gasteiger partial charge in [0.2, 0.25) is 5.91 Å². The average Bonchev–Trinajstić information content (AvgIpc) is 2.66. The fourth-order valence-electron chi connectivity index (χ4n) is 2.94. The van der Waals surface area contributed by atoms with Crippen LogP contribution in [-0.4, -0.2) is 30.2 Å². The Balaban J connectivity index is 1.58. The lowest BCUT2D eigenvalue weighted by molar-refractivity contribution is -0.139. The summed E-state index contributed by atoms with van der Waals surface area (Å²) in [6.07, 6.45) is 0.580. The van der Waals surface area contributed by atoms with E-state index in [1.807, 2.05) is 19.1 Å². The minimum absolute atomic E-state index is 0.0840. The van der Waals surface area contributed by atoms with Crippen LogP contribution in [0.25, 0.3) is 0 Å². The second-order valence-corrected chi connectivity index (χ2v) is 6.88. The number of carbonyl (C=O) groups excluding carboxylic acids is 1. The maximum absolute atomic E-state index is 12.6. The van der Waals surface area contributed by atoms with Crippen LogP contribution in [-0.2, 0) is 16.0 Å². The maximum atomic E-state index is 12.6. The van der Waals surface area contributed by atoms with E-state index in [0.29, 0.717) is 23.8 Å². The summed E-state index contributed by atoms with van der Waals surface area (Å²) in [5, 5.41) is 12.2. The van der Waals surface area contributed by atoms with Crippen molar-refractivity contribution in [2.45, 2.75) is 19.4 Å². The Hall–Kier alpha value is -2.73. The van der Waals surface area contributed by atoms with Crippen molar-refractivity contribution >= 4 is 23.5 Å². The van der Waals surface area contributed by atoms with Gasteiger partial charge in [-0.1, -0.05) is 23.7 Å². The highest BCUT2D eigenvalue weighted by molar-refractivity contribution is 6.30. The van der Waals surface area contributed by atoms with Gasteiger partial charge in [0.15, 0.2) is 6.61 Å². The summed E-state index contributed by atoms with van der Waals surface area (Å²) in [5.74, 6) is -0.157. The lowest BCUT2D eigenvalue weighted by Crippen LogP contribution is -2.38. The molecule has 2 atom stereocenters. The highest BCUT2D eigenvalue weighted by atomic mass is 35.5. The van der Waals surface area contributed by atoms with Gasteiger partial charge in [0.25, 0.3) is 0 Å². The lowest BCUT2D eigenvalue weighted by Gasteiger charge is -2.26. The number of benzene rings is 2. The molecule has 2 aromatic rings. The highest BCUT2D eigenvalue weighted by Crippen LogP contribution is 2.30. The van der Waals surface area contributed by atoms with Crippen LogP contribution in [0.15, 0.2) is 42.5 Å². The van der Waals surface area contributed by atoms with E-state index in [1.54, 1.807) is 30.3 Å². The van der Waals surface area contributed by atoms with Crippen molar-refractivity contribution in [3.63, 3.8) is 0 Å². The zero-order valence-electron chi connectivity index (χ0n) is 14.8. The molecule has 2 N–H and O–H groups in total. The third-order valence-electron chi connectivity index (χ3n) is 4.40. The molecule has 142 valence electrons. The molecule has 0 saturated heterocycles. The molecule has 7 heteroatoms. The number of rotatable bonds is 6. The van der Waals surface area contributed by atoms with E-state index in [-0.39, 0.29) is 17.9 Å². The minimum Gasteiger partial charge on any atom is -0.492 e. The topological polar surface area (TPSA) is 84.9 Å². The van der Waals surface area contributed by atoms with Crippen molar-refractivity contribution in [3.05, 3.63) is 58.6 Å². The van der Waals surface area contributed by atoms with Crippen LogP contribution >= 0.6 is 11.6 Å². The minimum atomic E-state index is -1.03. The monoisotopic (exact) mass is 389 g/mol. The average molecular weight is 390 g/mol. The lowest BCUT2D eigenvalue weighted by atomic mass is 9.95. The summed E-state index contributed by atoms with van der Waals surface area (Å²) in [5.41, 5.74) is 1.83. The van der Waals surface area contributed by atoms with Crippen LogP contribution in [0.2, 0.25) is 5.02 Å². The number of halogens is 1. The summed E-state index contributed by atoms with van der Waals surface area (Å²) >= 11 is 6.02. The first-order valence-electron chi connectivity index (χ1n) is 8.58. The maximum Gasteiger partial charge on any atom is 0.341 e. The SMILES string of the molecule is CC(NC(=O)C1COc2ccc(Cl)cc2C1)c1ccc(OCC(=O)O)cc1. The van der Waals surface area contributed by atoms with Crippen molar-refractivity contribution in [1.29, 1.82) is 0 Å². The number of nitrogens with one attached hydrogen (secondary N) is 1. The molecule has 1 aliphatic heterocycles. The Labute approximate surface area is 162 Å². The van der Waals surface area contributed by atoms with Crippen LogP contribution < -0.4 is 14.8 Å². The van der Waals surface area contributed by atoms with E-state index in [0.717, 1.165) is 16.9 Å². The number of carbonyl (C=O) groups is 2. The number of carboxylic acid groups (broad SMARTS) is 1. The molecular formula is C20H20ClNO5. The molecule has 3 rings (SSSR count). The largest absolute Gasteiger partial charge is 0.492 e. The molecule has 1 amide bonds. The first-order chi connectivity index (χ1) is 12.9. The molecular weight excluding hydrogens is 370 g/mol. The van der Waals surface area contributed by atoms with E-state index in [1.165, 1.54) is 0 Å². The molecule has 0 radical (unpaired) electrons. The quantitative estimate of drug-likeness (QED) is 0.792. The zero-order valence-corrected chi connectivity index (χ0v) is 15.5. The van der Waals surface area contributed by atoms with Crippen LogP contribution in [0.1, 0.15) is 24.1 Å². The number of amides is 1. The van der Waals surface area contributed by atoms with Crippen molar-refractivity contribution in [2.75, 3.05) is 13.2 Å². The predicted molar refractivity (Wildman–Crippen MR) is 100 cm³/mol. The van der Waals surface area contributed by atoms with E-state index in [9.17, 15) is 9.59 Å². The normalized spacial score (nSPS) is 16.6. The fourth-order valence-corrected chi connectivity index (χ4v) is 3.14. The Kier molecular flexibility index (Phi) is 5.86. The van der Waals surface area contributed by atoms with Crippen LogP contribution in [0.5, 0.6) is 11.5 Å². The standard InChI is InChI=1S/C20H20ClNO5/c1-12(13-2-5-17(6-3-13)26-11-19(23)24)22-20(25)15-8-14-9-16(21)4-7-18(14)27-10-15/h2-7,9,12,15H,8,10-11H2,1H3,(H,22,25)(H,23,24). The van der Waals surface area contributed by atoms with E-state index < -0.39 is 12.6 Å². The molecule has 1 heterocycles. The fraction of sp³-hybridized carbons (Fsp3) is 0.300. The van der Waals surface area contributed by atoms with Gasteiger partial charge in [-0.25, -0.2) is 4.79 Å². The third-order valence-corrected chi connectivity index (χ3v) is 4.64. The van der Waals surface area contributed by atoms with Crippen molar-refractivity contribution in [2.24, 2.45) is 5.92 Å². The van der Waals surface area contributed by atoms with Crippen LogP contribution in [0, 0.1) is 5.92 Å². The van der Waals surface area contributed by atoms with Crippen molar-refractivity contribution in [1.82, 2.24) is 5.32 Å². The molecule has 1 aliphatic rings. The summed E-state index contributed by atoms with van der Waals surface area (Å²) in [7, 11) is 0. The molecule has 0 fully saturated rings. The molecule has 27 heavy (non-hydrogen) atoms. The second kappa shape index (κ2) is 8.31. The number of carboxylic acids is 1. The second-order valence-electron chi connectivity index (χ2n) is 6.45.